The van der Waals surface area contributed by atoms with Crippen LogP contribution < -0.4 is 11.1 Å². The van der Waals surface area contributed by atoms with Crippen LogP contribution in [0.15, 0.2) is 0 Å². The summed E-state index contributed by atoms with van der Waals surface area (Å²) >= 11 is 0. The van der Waals surface area contributed by atoms with Gasteiger partial charge < -0.3 is 21.1 Å². The molecule has 0 spiro atoms. The first-order valence-electron chi connectivity index (χ1n) is 4.76. The molecule has 0 saturated heterocycles. The van der Waals surface area contributed by atoms with Gasteiger partial charge in [0.25, 0.3) is 0 Å². The molecule has 0 aliphatic rings. The molecule has 0 atom stereocenters. The van der Waals surface area contributed by atoms with Gasteiger partial charge in [-0.1, -0.05) is 0 Å². The molecule has 2 amide bonds. The van der Waals surface area contributed by atoms with Crippen LogP contribution in [0.4, 0.5) is 4.79 Å². The molecule has 15 heavy (non-hydrogen) atoms. The third kappa shape index (κ3) is 5.21. The van der Waals surface area contributed by atoms with E-state index >= 15 is 0 Å². The van der Waals surface area contributed by atoms with Crippen molar-refractivity contribution in [3.63, 3.8) is 0 Å². The van der Waals surface area contributed by atoms with E-state index in [1.165, 1.54) is 4.90 Å². The molecule has 0 aromatic carbocycles. The van der Waals surface area contributed by atoms with Crippen molar-refractivity contribution >= 4 is 12.0 Å². The van der Waals surface area contributed by atoms with E-state index in [4.69, 9.17) is 10.8 Å². The Morgan fingerprint density at radius 3 is 2.27 bits per heavy atom. The van der Waals surface area contributed by atoms with E-state index in [2.05, 4.69) is 5.32 Å². The van der Waals surface area contributed by atoms with Crippen molar-refractivity contribution in [1.29, 1.82) is 0 Å². The number of urea groups is 1. The van der Waals surface area contributed by atoms with Crippen LogP contribution in [0.25, 0.3) is 0 Å². The van der Waals surface area contributed by atoms with Crippen LogP contribution >= 0.6 is 0 Å². The normalized spacial score (nSPS) is 10.9. The van der Waals surface area contributed by atoms with Gasteiger partial charge in [-0.2, -0.15) is 0 Å². The lowest BCUT2D eigenvalue weighted by atomic mass is 10.1. The molecule has 0 heterocycles. The highest BCUT2D eigenvalue weighted by atomic mass is 16.4. The van der Waals surface area contributed by atoms with E-state index in [9.17, 15) is 9.59 Å². The number of amides is 2. The molecule has 0 aromatic rings. The Balaban J connectivity index is 4.49. The maximum atomic E-state index is 11.6. The Labute approximate surface area is 89.4 Å². The van der Waals surface area contributed by atoms with Gasteiger partial charge in [0.05, 0.1) is 0 Å². The SMILES string of the molecule is CC(C)(C)N(CC(=O)O)C(=O)NCCN. The molecule has 6 nitrogen and oxygen atoms in total. The van der Waals surface area contributed by atoms with Crippen LogP contribution in [0.1, 0.15) is 20.8 Å². The lowest BCUT2D eigenvalue weighted by molar-refractivity contribution is -0.138. The molecule has 0 bridgehead atoms. The van der Waals surface area contributed by atoms with Gasteiger partial charge in [-0.05, 0) is 20.8 Å². The molecule has 0 fully saturated rings. The zero-order chi connectivity index (χ0) is 12.1. The van der Waals surface area contributed by atoms with Crippen molar-refractivity contribution in [2.75, 3.05) is 19.6 Å². The van der Waals surface area contributed by atoms with Gasteiger partial charge >= 0.3 is 12.0 Å². The molecule has 88 valence electrons. The number of rotatable bonds is 4. The minimum Gasteiger partial charge on any atom is -0.480 e. The fourth-order valence-electron chi connectivity index (χ4n) is 1.02. The molecule has 0 saturated carbocycles. The van der Waals surface area contributed by atoms with E-state index < -0.39 is 17.5 Å². The number of carbonyl (C=O) groups is 2. The number of nitrogens with zero attached hydrogens (tertiary/aromatic N) is 1. The maximum absolute atomic E-state index is 11.6. The Morgan fingerprint density at radius 2 is 1.93 bits per heavy atom. The first-order chi connectivity index (χ1) is 6.79. The monoisotopic (exact) mass is 217 g/mol. The van der Waals surface area contributed by atoms with Crippen LogP contribution in [0.5, 0.6) is 0 Å². The predicted octanol–water partition coefficient (Wildman–Crippen LogP) is -0.160. The summed E-state index contributed by atoms with van der Waals surface area (Å²) in [5.41, 5.74) is 4.71. The molecular weight excluding hydrogens is 198 g/mol. The molecule has 0 aliphatic heterocycles. The Morgan fingerprint density at radius 1 is 1.40 bits per heavy atom. The second-order valence-electron chi connectivity index (χ2n) is 4.17. The maximum Gasteiger partial charge on any atom is 0.323 e. The topological polar surface area (TPSA) is 95.7 Å². The van der Waals surface area contributed by atoms with E-state index in [-0.39, 0.29) is 6.54 Å². The largest absolute Gasteiger partial charge is 0.480 e. The van der Waals surface area contributed by atoms with Crippen LogP contribution in [0, 0.1) is 0 Å². The van der Waals surface area contributed by atoms with Crippen molar-refractivity contribution in [1.82, 2.24) is 10.2 Å². The summed E-state index contributed by atoms with van der Waals surface area (Å²) in [6.07, 6.45) is 0. The van der Waals surface area contributed by atoms with Crippen molar-refractivity contribution in [3.05, 3.63) is 0 Å². The summed E-state index contributed by atoms with van der Waals surface area (Å²) in [7, 11) is 0. The Bertz CT molecular complexity index is 235. The lowest BCUT2D eigenvalue weighted by Crippen LogP contribution is -2.53. The minimum atomic E-state index is -1.03. The quantitative estimate of drug-likeness (QED) is 0.609. The summed E-state index contributed by atoms with van der Waals surface area (Å²) in [5, 5.41) is 11.2. The third-order valence-corrected chi connectivity index (χ3v) is 1.77. The molecule has 6 heteroatoms. The summed E-state index contributed by atoms with van der Waals surface area (Å²) in [5.74, 6) is -1.03. The highest BCUT2D eigenvalue weighted by molar-refractivity contribution is 5.80. The number of carboxylic acid groups (broad SMARTS) is 1. The van der Waals surface area contributed by atoms with Crippen LogP contribution in [0.2, 0.25) is 0 Å². The Kier molecular flexibility index (Phi) is 5.07. The van der Waals surface area contributed by atoms with E-state index in [0.29, 0.717) is 13.1 Å². The number of nitrogens with one attached hydrogen (secondary N) is 1. The summed E-state index contributed by atoms with van der Waals surface area (Å²) < 4.78 is 0. The number of carbonyl (C=O) groups excluding carboxylic acids is 1. The zero-order valence-electron chi connectivity index (χ0n) is 9.41. The molecule has 0 unspecified atom stereocenters. The number of hydrogen-bond donors (Lipinski definition) is 3. The fraction of sp³-hybridized carbons (Fsp3) is 0.778. The van der Waals surface area contributed by atoms with Crippen molar-refractivity contribution in [2.24, 2.45) is 5.73 Å². The van der Waals surface area contributed by atoms with E-state index in [1.54, 1.807) is 20.8 Å². The molecule has 4 N–H and O–H groups in total. The van der Waals surface area contributed by atoms with E-state index in [0.717, 1.165) is 0 Å². The average Bonchev–Trinajstić information content (AvgIpc) is 2.08. The van der Waals surface area contributed by atoms with Gasteiger partial charge in [-0.15, -0.1) is 0 Å². The van der Waals surface area contributed by atoms with Gasteiger partial charge in [-0.3, -0.25) is 4.79 Å². The highest BCUT2D eigenvalue weighted by Crippen LogP contribution is 2.12. The van der Waals surface area contributed by atoms with Crippen LogP contribution in [-0.2, 0) is 4.79 Å². The number of hydrogen-bond acceptors (Lipinski definition) is 3. The van der Waals surface area contributed by atoms with Gasteiger partial charge in [-0.25, -0.2) is 4.79 Å². The van der Waals surface area contributed by atoms with Crippen molar-refractivity contribution in [2.45, 2.75) is 26.3 Å². The van der Waals surface area contributed by atoms with Gasteiger partial charge in [0.1, 0.15) is 6.54 Å². The molecule has 0 aromatic heterocycles. The summed E-state index contributed by atoms with van der Waals surface area (Å²) in [6.45, 7) is 5.68. The van der Waals surface area contributed by atoms with Gasteiger partial charge in [0, 0.05) is 18.6 Å². The van der Waals surface area contributed by atoms with Crippen LogP contribution in [-0.4, -0.2) is 47.2 Å². The zero-order valence-corrected chi connectivity index (χ0v) is 9.41. The standard InChI is InChI=1S/C9H19N3O3/c1-9(2,3)12(6-7(13)14)8(15)11-5-4-10/h4-6,10H2,1-3H3,(H,11,15)(H,13,14). The minimum absolute atomic E-state index is 0.320. The van der Waals surface area contributed by atoms with Crippen LogP contribution in [0.3, 0.4) is 0 Å². The molecule has 0 aliphatic carbocycles. The number of aliphatic carboxylic acids is 1. The van der Waals surface area contributed by atoms with Crippen molar-refractivity contribution in [3.8, 4) is 0 Å². The first-order valence-corrected chi connectivity index (χ1v) is 4.76. The third-order valence-electron chi connectivity index (χ3n) is 1.77. The molecule has 0 radical (unpaired) electrons. The van der Waals surface area contributed by atoms with Gasteiger partial charge in [0.15, 0.2) is 0 Å². The fourth-order valence-corrected chi connectivity index (χ4v) is 1.02. The summed E-state index contributed by atoms with van der Waals surface area (Å²) in [6, 6.07) is -0.407. The number of carboxylic acids is 1. The van der Waals surface area contributed by atoms with Gasteiger partial charge in [0.2, 0.25) is 0 Å². The first kappa shape index (κ1) is 13.7. The highest BCUT2D eigenvalue weighted by Gasteiger charge is 2.27. The number of nitrogens with two attached hydrogens (primary N) is 1. The second-order valence-corrected chi connectivity index (χ2v) is 4.17. The second kappa shape index (κ2) is 5.55. The van der Waals surface area contributed by atoms with Crippen molar-refractivity contribution < 1.29 is 14.7 Å². The predicted molar refractivity (Wildman–Crippen MR) is 56.5 cm³/mol. The molecule has 0 rings (SSSR count). The van der Waals surface area contributed by atoms with E-state index in [1.807, 2.05) is 0 Å². The molecular formula is C9H19N3O3. The smallest absolute Gasteiger partial charge is 0.323 e. The Hall–Kier alpha value is -1.30. The lowest BCUT2D eigenvalue weighted by Gasteiger charge is -2.34. The average molecular weight is 217 g/mol. The summed E-state index contributed by atoms with van der Waals surface area (Å²) in [4.78, 5) is 23.4.